The third-order valence-electron chi connectivity index (χ3n) is 2.73. The summed E-state index contributed by atoms with van der Waals surface area (Å²) >= 11 is 5.79. The molecule has 0 radical (unpaired) electrons. The third kappa shape index (κ3) is 3.16. The molecule has 1 aromatic heterocycles. The molecule has 7 heteroatoms. The van der Waals surface area contributed by atoms with Gasteiger partial charge in [0.2, 0.25) is 0 Å². The quantitative estimate of drug-likeness (QED) is 0.682. The number of hydrazone groups is 1. The zero-order valence-corrected chi connectivity index (χ0v) is 11.8. The molecule has 1 heterocycles. The van der Waals surface area contributed by atoms with Gasteiger partial charge in [-0.05, 0) is 17.7 Å². The van der Waals surface area contributed by atoms with Gasteiger partial charge in [0.25, 0.3) is 5.56 Å². The van der Waals surface area contributed by atoms with Crippen molar-refractivity contribution >= 4 is 23.6 Å². The van der Waals surface area contributed by atoms with Crippen molar-refractivity contribution in [3.05, 3.63) is 61.8 Å². The Labute approximate surface area is 119 Å². The van der Waals surface area contributed by atoms with E-state index in [4.69, 9.17) is 11.6 Å². The highest BCUT2D eigenvalue weighted by Crippen LogP contribution is 2.08. The molecule has 0 saturated carbocycles. The van der Waals surface area contributed by atoms with Crippen LogP contribution in [0.5, 0.6) is 0 Å². The largest absolute Gasteiger partial charge is 0.329 e. The molecular weight excluding hydrogens is 280 g/mol. The average Bonchev–Trinajstić information content (AvgIpc) is 2.43. The topological polar surface area (TPSA) is 70.5 Å². The van der Waals surface area contributed by atoms with Gasteiger partial charge in [0.15, 0.2) is 0 Å². The van der Waals surface area contributed by atoms with Crippen LogP contribution in [0.2, 0.25) is 5.02 Å². The van der Waals surface area contributed by atoms with Crippen molar-refractivity contribution in [3.63, 3.8) is 0 Å². The van der Waals surface area contributed by atoms with E-state index < -0.39 is 11.2 Å². The Kier molecular flexibility index (Phi) is 4.05. The molecule has 0 amide bonds. The van der Waals surface area contributed by atoms with E-state index in [-0.39, 0.29) is 0 Å². The Balaban J connectivity index is 2.24. The van der Waals surface area contributed by atoms with E-state index in [9.17, 15) is 9.59 Å². The van der Waals surface area contributed by atoms with E-state index >= 15 is 0 Å². The van der Waals surface area contributed by atoms with Gasteiger partial charge >= 0.3 is 5.69 Å². The summed E-state index contributed by atoms with van der Waals surface area (Å²) in [6.07, 6.45) is 1.60. The van der Waals surface area contributed by atoms with E-state index in [2.05, 4.69) is 10.1 Å². The second-order valence-corrected chi connectivity index (χ2v) is 4.61. The number of hydrogen-bond acceptors (Lipinski definition) is 4. The summed E-state index contributed by atoms with van der Waals surface area (Å²) in [5, 5.41) is 6.21. The van der Waals surface area contributed by atoms with Crippen molar-refractivity contribution in [1.82, 2.24) is 9.55 Å². The molecule has 0 bridgehead atoms. The molecule has 2 rings (SSSR count). The SMILES string of the molecule is CN(/N=C/c1ccc(Cl)cc1)c1cc(=O)n(C)c(=O)[nH]1. The first-order chi connectivity index (χ1) is 9.47. The van der Waals surface area contributed by atoms with Gasteiger partial charge in [0, 0.05) is 25.2 Å². The fourth-order valence-corrected chi connectivity index (χ4v) is 1.61. The van der Waals surface area contributed by atoms with Crippen molar-refractivity contribution in [3.8, 4) is 0 Å². The molecule has 0 spiro atoms. The van der Waals surface area contributed by atoms with E-state index in [1.165, 1.54) is 18.1 Å². The van der Waals surface area contributed by atoms with Crippen LogP contribution in [0.15, 0.2) is 45.0 Å². The van der Waals surface area contributed by atoms with E-state index in [1.54, 1.807) is 25.4 Å². The molecule has 0 aliphatic carbocycles. The van der Waals surface area contributed by atoms with Crippen molar-refractivity contribution in [2.45, 2.75) is 0 Å². The van der Waals surface area contributed by atoms with E-state index in [0.717, 1.165) is 10.1 Å². The van der Waals surface area contributed by atoms with E-state index in [0.29, 0.717) is 10.8 Å². The first kappa shape index (κ1) is 14.1. The zero-order valence-electron chi connectivity index (χ0n) is 11.0. The molecule has 0 aliphatic heterocycles. The van der Waals surface area contributed by atoms with Crippen molar-refractivity contribution in [1.29, 1.82) is 0 Å². The second-order valence-electron chi connectivity index (χ2n) is 4.18. The highest BCUT2D eigenvalue weighted by molar-refractivity contribution is 6.30. The molecule has 0 atom stereocenters. The molecule has 0 fully saturated rings. The molecule has 0 unspecified atom stereocenters. The minimum atomic E-state index is -0.485. The zero-order chi connectivity index (χ0) is 14.7. The number of nitrogens with one attached hydrogen (secondary N) is 1. The minimum Gasteiger partial charge on any atom is -0.292 e. The smallest absolute Gasteiger partial charge is 0.292 e. The summed E-state index contributed by atoms with van der Waals surface area (Å²) in [6.45, 7) is 0. The lowest BCUT2D eigenvalue weighted by molar-refractivity contribution is 0.766. The summed E-state index contributed by atoms with van der Waals surface area (Å²) in [4.78, 5) is 25.6. The Bertz CT molecular complexity index is 715. The van der Waals surface area contributed by atoms with Crippen molar-refractivity contribution < 1.29 is 0 Å². The first-order valence-corrected chi connectivity index (χ1v) is 6.19. The molecule has 20 heavy (non-hydrogen) atoms. The van der Waals surface area contributed by atoms with Gasteiger partial charge in [0.1, 0.15) is 5.82 Å². The van der Waals surface area contributed by atoms with Crippen LogP contribution < -0.4 is 16.3 Å². The standard InChI is InChI=1S/C13H13ClN4O2/c1-17-12(19)7-11(16-13(17)20)18(2)15-8-9-3-5-10(14)6-4-9/h3-8H,1-2H3,(H,16,20)/b15-8+. The fourth-order valence-electron chi connectivity index (χ4n) is 1.48. The van der Waals surface area contributed by atoms with Gasteiger partial charge in [-0.3, -0.25) is 19.4 Å². The van der Waals surface area contributed by atoms with Crippen LogP contribution in [0.25, 0.3) is 0 Å². The maximum Gasteiger partial charge on any atom is 0.329 e. The lowest BCUT2D eigenvalue weighted by Crippen LogP contribution is -2.33. The Morgan fingerprint density at radius 2 is 1.95 bits per heavy atom. The van der Waals surface area contributed by atoms with Crippen LogP contribution in [-0.2, 0) is 7.05 Å². The summed E-state index contributed by atoms with van der Waals surface area (Å²) in [5.74, 6) is 0.323. The Hall–Kier alpha value is -2.34. The molecule has 0 aliphatic rings. The van der Waals surface area contributed by atoms with Gasteiger partial charge in [-0.2, -0.15) is 5.10 Å². The second kappa shape index (κ2) is 5.75. The number of aromatic nitrogens is 2. The Morgan fingerprint density at radius 3 is 2.55 bits per heavy atom. The highest BCUT2D eigenvalue weighted by atomic mass is 35.5. The van der Waals surface area contributed by atoms with Crippen LogP contribution in [-0.4, -0.2) is 22.8 Å². The monoisotopic (exact) mass is 292 g/mol. The molecule has 1 aromatic carbocycles. The van der Waals surface area contributed by atoms with Gasteiger partial charge in [0.05, 0.1) is 6.21 Å². The number of halogens is 1. The molecule has 2 aromatic rings. The molecular formula is C13H13ClN4O2. The molecule has 6 nitrogen and oxygen atoms in total. The van der Waals surface area contributed by atoms with Gasteiger partial charge in [-0.15, -0.1) is 0 Å². The summed E-state index contributed by atoms with van der Waals surface area (Å²) in [6, 6.07) is 8.44. The molecule has 1 N–H and O–H groups in total. The Morgan fingerprint density at radius 1 is 1.30 bits per heavy atom. The average molecular weight is 293 g/mol. The lowest BCUT2D eigenvalue weighted by Gasteiger charge is -2.12. The third-order valence-corrected chi connectivity index (χ3v) is 2.98. The number of benzene rings is 1. The highest BCUT2D eigenvalue weighted by Gasteiger charge is 2.03. The van der Waals surface area contributed by atoms with Crippen molar-refractivity contribution in [2.75, 3.05) is 12.1 Å². The normalized spacial score (nSPS) is 10.9. The first-order valence-electron chi connectivity index (χ1n) is 5.81. The number of anilines is 1. The predicted molar refractivity (Wildman–Crippen MR) is 79.8 cm³/mol. The maximum absolute atomic E-state index is 11.5. The van der Waals surface area contributed by atoms with Gasteiger partial charge in [-0.1, -0.05) is 23.7 Å². The number of aromatic amines is 1. The number of hydrogen-bond donors (Lipinski definition) is 1. The predicted octanol–water partition coefficient (Wildman–Crippen LogP) is 1.20. The van der Waals surface area contributed by atoms with Crippen LogP contribution in [0.3, 0.4) is 0 Å². The minimum absolute atomic E-state index is 0.323. The van der Waals surface area contributed by atoms with Crippen LogP contribution in [0.1, 0.15) is 5.56 Å². The van der Waals surface area contributed by atoms with Gasteiger partial charge in [-0.25, -0.2) is 4.79 Å². The summed E-state index contributed by atoms with van der Waals surface area (Å²) in [5.41, 5.74) is -0.0224. The van der Waals surface area contributed by atoms with Crippen LogP contribution >= 0.6 is 11.6 Å². The molecule has 0 saturated heterocycles. The number of H-pyrrole nitrogens is 1. The van der Waals surface area contributed by atoms with Crippen LogP contribution in [0.4, 0.5) is 5.82 Å². The van der Waals surface area contributed by atoms with Crippen molar-refractivity contribution in [2.24, 2.45) is 12.1 Å². The maximum atomic E-state index is 11.5. The molecule has 104 valence electrons. The number of rotatable bonds is 3. The number of nitrogens with zero attached hydrogens (tertiary/aromatic N) is 3. The lowest BCUT2D eigenvalue weighted by atomic mass is 10.2. The van der Waals surface area contributed by atoms with Gasteiger partial charge < -0.3 is 0 Å². The fraction of sp³-hybridized carbons (Fsp3) is 0.154. The summed E-state index contributed by atoms with van der Waals surface area (Å²) < 4.78 is 0.986. The summed E-state index contributed by atoms with van der Waals surface area (Å²) in [7, 11) is 3.04. The van der Waals surface area contributed by atoms with Crippen LogP contribution in [0, 0.1) is 0 Å². The van der Waals surface area contributed by atoms with E-state index in [1.807, 2.05) is 12.1 Å².